The molecule has 1 aliphatic rings. The molecule has 0 spiro atoms. The molecule has 6 heteroatoms. The molecule has 0 saturated carbocycles. The summed E-state index contributed by atoms with van der Waals surface area (Å²) in [5, 5.41) is 7.95. The third-order valence-corrected chi connectivity index (χ3v) is 5.70. The number of thiophene rings is 1. The molecule has 0 atom stereocenters. The fraction of sp³-hybridized carbons (Fsp3) is 0.450. The third-order valence-electron chi connectivity index (χ3n) is 4.67. The van der Waals surface area contributed by atoms with Gasteiger partial charge in [0.1, 0.15) is 5.75 Å². The number of urea groups is 1. The third kappa shape index (κ3) is 5.47. The zero-order chi connectivity index (χ0) is 18.2. The predicted octanol–water partition coefficient (Wildman–Crippen LogP) is 4.15. The number of hydrogen-bond donors (Lipinski definition) is 2. The highest BCUT2D eigenvalue weighted by atomic mass is 32.1. The summed E-state index contributed by atoms with van der Waals surface area (Å²) in [6.07, 6.45) is 2.41. The van der Waals surface area contributed by atoms with Gasteiger partial charge in [-0.2, -0.15) is 0 Å². The number of likely N-dealkylation sites (tertiary alicyclic amines) is 1. The fourth-order valence-corrected chi connectivity index (χ4v) is 4.17. The minimum atomic E-state index is -0.164. The summed E-state index contributed by atoms with van der Waals surface area (Å²) in [5.74, 6) is 1.52. The minimum absolute atomic E-state index is 0.164. The van der Waals surface area contributed by atoms with Crippen molar-refractivity contribution in [3.8, 4) is 5.75 Å². The maximum atomic E-state index is 12.0. The number of hydrogen-bond acceptors (Lipinski definition) is 4. The van der Waals surface area contributed by atoms with Crippen LogP contribution < -0.4 is 15.4 Å². The summed E-state index contributed by atoms with van der Waals surface area (Å²) in [7, 11) is 0. The Hall–Kier alpha value is -2.05. The van der Waals surface area contributed by atoms with Gasteiger partial charge >= 0.3 is 6.03 Å². The normalized spacial score (nSPS) is 15.6. The predicted molar refractivity (Wildman–Crippen MR) is 107 cm³/mol. The Bertz CT molecular complexity index is 665. The molecule has 2 N–H and O–H groups in total. The molecule has 1 fully saturated rings. The number of nitrogens with zero attached hydrogens (tertiary/aromatic N) is 1. The van der Waals surface area contributed by atoms with Gasteiger partial charge < -0.3 is 20.3 Å². The summed E-state index contributed by atoms with van der Waals surface area (Å²) < 4.78 is 5.40. The highest BCUT2D eigenvalue weighted by molar-refractivity contribution is 7.10. The first-order chi connectivity index (χ1) is 12.7. The molecule has 26 heavy (non-hydrogen) atoms. The number of amides is 2. The molecule has 1 aromatic heterocycles. The Kier molecular flexibility index (Phi) is 6.91. The Morgan fingerprint density at radius 2 is 2.00 bits per heavy atom. The largest absolute Gasteiger partial charge is 0.494 e. The lowest BCUT2D eigenvalue weighted by Gasteiger charge is -2.31. The molecular weight excluding hydrogens is 346 g/mol. The molecule has 0 radical (unpaired) electrons. The quantitative estimate of drug-likeness (QED) is 0.767. The van der Waals surface area contributed by atoms with E-state index in [4.69, 9.17) is 4.74 Å². The van der Waals surface area contributed by atoms with E-state index in [1.54, 1.807) is 0 Å². The second kappa shape index (κ2) is 9.59. The minimum Gasteiger partial charge on any atom is -0.494 e. The summed E-state index contributed by atoms with van der Waals surface area (Å²) in [4.78, 5) is 15.9. The Labute approximate surface area is 159 Å². The highest BCUT2D eigenvalue weighted by Crippen LogP contribution is 2.30. The average molecular weight is 374 g/mol. The maximum absolute atomic E-state index is 12.0. The van der Waals surface area contributed by atoms with E-state index in [2.05, 4.69) is 33.0 Å². The van der Waals surface area contributed by atoms with E-state index in [0.717, 1.165) is 31.1 Å². The van der Waals surface area contributed by atoms with Gasteiger partial charge in [0.2, 0.25) is 0 Å². The number of rotatable bonds is 7. The summed E-state index contributed by atoms with van der Waals surface area (Å²) in [6, 6.07) is 11.6. The van der Waals surface area contributed by atoms with Crippen molar-refractivity contribution in [1.82, 2.24) is 10.2 Å². The van der Waals surface area contributed by atoms with Gasteiger partial charge in [-0.05, 0) is 74.5 Å². The van der Waals surface area contributed by atoms with Crippen LogP contribution in [0.15, 0.2) is 41.8 Å². The van der Waals surface area contributed by atoms with Crippen molar-refractivity contribution < 1.29 is 9.53 Å². The van der Waals surface area contributed by atoms with Gasteiger partial charge in [0.25, 0.3) is 0 Å². The number of anilines is 1. The number of carbonyl (C=O) groups excluding carboxylic acids is 1. The topological polar surface area (TPSA) is 53.6 Å². The van der Waals surface area contributed by atoms with Crippen molar-refractivity contribution >= 4 is 23.1 Å². The molecule has 2 amide bonds. The van der Waals surface area contributed by atoms with Crippen molar-refractivity contribution in [2.75, 3.05) is 38.1 Å². The van der Waals surface area contributed by atoms with E-state index in [9.17, 15) is 4.79 Å². The van der Waals surface area contributed by atoms with Crippen molar-refractivity contribution in [1.29, 1.82) is 0 Å². The summed E-state index contributed by atoms with van der Waals surface area (Å²) >= 11 is 1.87. The summed E-state index contributed by atoms with van der Waals surface area (Å²) in [5.41, 5.74) is 0.766. The van der Waals surface area contributed by atoms with Crippen LogP contribution in [0.25, 0.3) is 0 Å². The Morgan fingerprint density at radius 1 is 1.23 bits per heavy atom. The zero-order valence-corrected chi connectivity index (χ0v) is 16.1. The van der Waals surface area contributed by atoms with Crippen molar-refractivity contribution in [2.45, 2.75) is 25.7 Å². The van der Waals surface area contributed by atoms with Crippen LogP contribution in [-0.4, -0.2) is 43.7 Å². The van der Waals surface area contributed by atoms with Crippen molar-refractivity contribution in [3.63, 3.8) is 0 Å². The first-order valence-corrected chi connectivity index (χ1v) is 10.2. The summed E-state index contributed by atoms with van der Waals surface area (Å²) in [6.45, 7) is 6.35. The molecule has 3 rings (SSSR count). The van der Waals surface area contributed by atoms with Gasteiger partial charge in [-0.25, -0.2) is 4.79 Å². The number of nitrogens with one attached hydrogen (secondary N) is 2. The maximum Gasteiger partial charge on any atom is 0.319 e. The molecule has 5 nitrogen and oxygen atoms in total. The highest BCUT2D eigenvalue weighted by Gasteiger charge is 2.20. The van der Waals surface area contributed by atoms with Gasteiger partial charge in [-0.15, -0.1) is 11.3 Å². The fourth-order valence-electron chi connectivity index (χ4n) is 3.27. The second-order valence-electron chi connectivity index (χ2n) is 6.47. The van der Waals surface area contributed by atoms with E-state index < -0.39 is 0 Å². The van der Waals surface area contributed by atoms with Crippen LogP contribution in [0.4, 0.5) is 10.5 Å². The molecule has 0 bridgehead atoms. The molecular formula is C20H27N3O2S. The lowest BCUT2D eigenvalue weighted by molar-refractivity contribution is 0.212. The van der Waals surface area contributed by atoms with E-state index in [1.807, 2.05) is 42.5 Å². The van der Waals surface area contributed by atoms with Crippen LogP contribution in [0, 0.1) is 0 Å². The second-order valence-corrected chi connectivity index (χ2v) is 7.45. The molecule has 2 aromatic rings. The van der Waals surface area contributed by atoms with Crippen LogP contribution in [0.5, 0.6) is 5.75 Å². The van der Waals surface area contributed by atoms with Crippen LogP contribution in [0.3, 0.4) is 0 Å². The van der Waals surface area contributed by atoms with Crippen molar-refractivity contribution in [3.05, 3.63) is 46.7 Å². The van der Waals surface area contributed by atoms with Crippen molar-refractivity contribution in [2.24, 2.45) is 0 Å². The van der Waals surface area contributed by atoms with Gasteiger partial charge in [-0.3, -0.25) is 0 Å². The smallest absolute Gasteiger partial charge is 0.319 e. The lowest BCUT2D eigenvalue weighted by atomic mass is 9.95. The molecule has 0 unspecified atom stereocenters. The average Bonchev–Trinajstić information content (AvgIpc) is 3.19. The number of benzene rings is 1. The number of carbonyl (C=O) groups is 1. The van der Waals surface area contributed by atoms with Gasteiger partial charge in [0, 0.05) is 23.7 Å². The molecule has 1 aromatic carbocycles. The van der Waals surface area contributed by atoms with Crippen LogP contribution in [0.1, 0.15) is 30.6 Å². The van der Waals surface area contributed by atoms with Crippen LogP contribution >= 0.6 is 11.3 Å². The first kappa shape index (κ1) is 18.7. The van der Waals surface area contributed by atoms with E-state index in [0.29, 0.717) is 19.1 Å². The molecule has 0 aliphatic carbocycles. The first-order valence-electron chi connectivity index (χ1n) is 9.28. The molecule has 1 saturated heterocycles. The van der Waals surface area contributed by atoms with Gasteiger partial charge in [-0.1, -0.05) is 6.07 Å². The molecule has 2 heterocycles. The molecule has 140 valence electrons. The standard InChI is InChI=1S/C20H27N3O2S/c1-2-25-18-7-5-17(6-8-18)22-20(24)21-11-14-23-12-9-16(10-13-23)19-4-3-15-26-19/h3-8,15-16H,2,9-14H2,1H3,(H2,21,22,24). The van der Waals surface area contributed by atoms with E-state index >= 15 is 0 Å². The number of piperidine rings is 1. The SMILES string of the molecule is CCOc1ccc(NC(=O)NCCN2CCC(c3cccs3)CC2)cc1. The van der Waals surface area contributed by atoms with E-state index in [-0.39, 0.29) is 6.03 Å². The number of ether oxygens (including phenoxy) is 1. The van der Waals surface area contributed by atoms with Crippen LogP contribution in [-0.2, 0) is 0 Å². The van der Waals surface area contributed by atoms with Gasteiger partial charge in [0.15, 0.2) is 0 Å². The zero-order valence-electron chi connectivity index (χ0n) is 15.2. The monoisotopic (exact) mass is 373 g/mol. The van der Waals surface area contributed by atoms with E-state index in [1.165, 1.54) is 17.7 Å². The Balaban J connectivity index is 1.32. The lowest BCUT2D eigenvalue weighted by Crippen LogP contribution is -2.40. The van der Waals surface area contributed by atoms with Gasteiger partial charge in [0.05, 0.1) is 6.61 Å². The Morgan fingerprint density at radius 3 is 2.65 bits per heavy atom. The molecule has 1 aliphatic heterocycles. The van der Waals surface area contributed by atoms with Crippen LogP contribution in [0.2, 0.25) is 0 Å².